The Morgan fingerprint density at radius 2 is 1.52 bits per heavy atom. The molecule has 0 aliphatic rings. The van der Waals surface area contributed by atoms with Crippen LogP contribution in [-0.4, -0.2) is 23.3 Å². The summed E-state index contributed by atoms with van der Waals surface area (Å²) in [6.07, 6.45) is 0. The van der Waals surface area contributed by atoms with Crippen molar-refractivity contribution in [3.8, 4) is 11.5 Å². The van der Waals surface area contributed by atoms with E-state index in [1.54, 1.807) is 55.5 Å². The maximum atomic E-state index is 12.4. The molecule has 3 aromatic rings. The maximum Gasteiger partial charge on any atom is 0.349 e. The van der Waals surface area contributed by atoms with Crippen molar-refractivity contribution in [2.45, 2.75) is 6.92 Å². The molecule has 0 N–H and O–H groups in total. The van der Waals surface area contributed by atoms with E-state index in [4.69, 9.17) is 9.47 Å². The van der Waals surface area contributed by atoms with E-state index in [1.165, 1.54) is 18.2 Å². The average Bonchev–Trinajstić information content (AvgIpc) is 2.72. The number of nitrogens with zero attached hydrogens (tertiary/aromatic N) is 1. The Hall–Kier alpha value is -4.00. The predicted octanol–water partition coefficient (Wildman–Crippen LogP) is 4.12. The molecule has 29 heavy (non-hydrogen) atoms. The zero-order chi connectivity index (χ0) is 20.8. The lowest BCUT2D eigenvalue weighted by Crippen LogP contribution is -2.17. The maximum absolute atomic E-state index is 12.4. The van der Waals surface area contributed by atoms with Gasteiger partial charge in [-0.05, 0) is 43.3 Å². The van der Waals surface area contributed by atoms with Crippen LogP contribution in [-0.2, 0) is 4.79 Å². The highest BCUT2D eigenvalue weighted by Crippen LogP contribution is 2.23. The molecule has 0 aliphatic carbocycles. The number of esters is 1. The van der Waals surface area contributed by atoms with Crippen molar-refractivity contribution >= 4 is 17.4 Å². The van der Waals surface area contributed by atoms with Gasteiger partial charge in [0.2, 0.25) is 0 Å². The van der Waals surface area contributed by atoms with Crippen LogP contribution in [0, 0.1) is 17.0 Å². The molecule has 0 heterocycles. The Balaban J connectivity index is 1.56. The third-order valence-corrected chi connectivity index (χ3v) is 4.11. The molecule has 0 saturated carbocycles. The quantitative estimate of drug-likeness (QED) is 0.198. The largest absolute Gasteiger partial charge is 0.482 e. The zero-order valence-electron chi connectivity index (χ0n) is 15.5. The van der Waals surface area contributed by atoms with Gasteiger partial charge in [-0.3, -0.25) is 14.9 Å². The molecule has 0 unspecified atom stereocenters. The molecule has 0 saturated heterocycles. The Kier molecular flexibility index (Phi) is 5.99. The van der Waals surface area contributed by atoms with E-state index in [9.17, 15) is 19.7 Å². The van der Waals surface area contributed by atoms with E-state index < -0.39 is 10.9 Å². The lowest BCUT2D eigenvalue weighted by atomic mass is 10.0. The molecule has 0 fully saturated rings. The monoisotopic (exact) mass is 391 g/mol. The lowest BCUT2D eigenvalue weighted by molar-refractivity contribution is -0.385. The normalized spacial score (nSPS) is 10.2. The summed E-state index contributed by atoms with van der Waals surface area (Å²) in [6, 6.07) is 19.4. The number of rotatable bonds is 7. The van der Waals surface area contributed by atoms with Crippen molar-refractivity contribution in [2.75, 3.05) is 6.61 Å². The summed E-state index contributed by atoms with van der Waals surface area (Å²) in [6.45, 7) is 1.21. The van der Waals surface area contributed by atoms with Crippen molar-refractivity contribution in [1.82, 2.24) is 0 Å². The molecular formula is C22H17NO6. The fraction of sp³-hybridized carbons (Fsp3) is 0.0909. The summed E-state index contributed by atoms with van der Waals surface area (Å²) in [5.41, 5.74) is 1.43. The minimum Gasteiger partial charge on any atom is -0.482 e. The van der Waals surface area contributed by atoms with Crippen LogP contribution in [0.15, 0.2) is 72.8 Å². The highest BCUT2D eigenvalue weighted by Gasteiger charge is 2.13. The molecule has 3 aromatic carbocycles. The molecular weight excluding hydrogens is 374 g/mol. The zero-order valence-corrected chi connectivity index (χ0v) is 15.5. The van der Waals surface area contributed by atoms with Gasteiger partial charge in [-0.1, -0.05) is 30.3 Å². The minimum atomic E-state index is -0.650. The summed E-state index contributed by atoms with van der Waals surface area (Å²) in [7, 11) is 0. The van der Waals surface area contributed by atoms with E-state index in [2.05, 4.69) is 0 Å². The number of carbonyl (C=O) groups excluding carboxylic acids is 2. The first-order valence-electron chi connectivity index (χ1n) is 8.72. The first-order valence-corrected chi connectivity index (χ1v) is 8.72. The van der Waals surface area contributed by atoms with Gasteiger partial charge >= 0.3 is 5.97 Å². The number of carbonyl (C=O) groups is 2. The topological polar surface area (TPSA) is 95.7 Å². The molecule has 0 amide bonds. The number of ketones is 1. The van der Waals surface area contributed by atoms with E-state index in [1.807, 2.05) is 6.07 Å². The van der Waals surface area contributed by atoms with Crippen LogP contribution in [0.2, 0.25) is 0 Å². The molecule has 7 heteroatoms. The first kappa shape index (κ1) is 19.8. The molecule has 7 nitrogen and oxygen atoms in total. The number of nitro groups is 1. The lowest BCUT2D eigenvalue weighted by Gasteiger charge is -2.08. The summed E-state index contributed by atoms with van der Waals surface area (Å²) < 4.78 is 10.5. The van der Waals surface area contributed by atoms with Crippen LogP contribution >= 0.6 is 0 Å². The van der Waals surface area contributed by atoms with E-state index >= 15 is 0 Å². The standard InChI is InChI=1S/C22H17NO6/c1-15-13-19(11-12-20(15)23(26)27)29-21(24)14-28-18-9-7-17(8-10-18)22(25)16-5-3-2-4-6-16/h2-13H,14H2,1H3. The second-order valence-electron chi connectivity index (χ2n) is 6.19. The van der Waals surface area contributed by atoms with Gasteiger partial charge in [0.05, 0.1) is 4.92 Å². The van der Waals surface area contributed by atoms with Gasteiger partial charge in [0.1, 0.15) is 11.5 Å². The van der Waals surface area contributed by atoms with Crippen molar-refractivity contribution in [3.63, 3.8) is 0 Å². The van der Waals surface area contributed by atoms with Crippen LogP contribution in [0.25, 0.3) is 0 Å². The number of hydrogen-bond donors (Lipinski definition) is 0. The predicted molar refractivity (Wildman–Crippen MR) is 105 cm³/mol. The van der Waals surface area contributed by atoms with Crippen LogP contribution in [0.3, 0.4) is 0 Å². The van der Waals surface area contributed by atoms with Gasteiger partial charge in [0, 0.05) is 22.8 Å². The minimum absolute atomic E-state index is 0.0498. The summed E-state index contributed by atoms with van der Waals surface area (Å²) in [5, 5.41) is 10.8. The third kappa shape index (κ3) is 5.04. The Morgan fingerprint density at radius 1 is 0.897 bits per heavy atom. The van der Waals surface area contributed by atoms with Crippen LogP contribution in [0.4, 0.5) is 5.69 Å². The summed E-state index contributed by atoms with van der Waals surface area (Å²) in [4.78, 5) is 34.6. The van der Waals surface area contributed by atoms with Crippen LogP contribution < -0.4 is 9.47 Å². The molecule has 146 valence electrons. The summed E-state index contributed by atoms with van der Waals surface area (Å²) in [5.74, 6) is -0.148. The molecule has 0 aromatic heterocycles. The third-order valence-electron chi connectivity index (χ3n) is 4.11. The number of hydrogen-bond acceptors (Lipinski definition) is 6. The molecule has 3 rings (SSSR count). The van der Waals surface area contributed by atoms with E-state index in [0.29, 0.717) is 22.4 Å². The van der Waals surface area contributed by atoms with Gasteiger partial charge in [-0.15, -0.1) is 0 Å². The summed E-state index contributed by atoms with van der Waals surface area (Å²) >= 11 is 0. The molecule has 0 atom stereocenters. The second kappa shape index (κ2) is 8.79. The van der Waals surface area contributed by atoms with Crippen LogP contribution in [0.1, 0.15) is 21.5 Å². The molecule has 0 radical (unpaired) electrons. The van der Waals surface area contributed by atoms with Crippen LogP contribution in [0.5, 0.6) is 11.5 Å². The average molecular weight is 391 g/mol. The number of ether oxygens (including phenoxy) is 2. The highest BCUT2D eigenvalue weighted by atomic mass is 16.6. The van der Waals surface area contributed by atoms with Gasteiger partial charge in [0.15, 0.2) is 12.4 Å². The Morgan fingerprint density at radius 3 is 2.14 bits per heavy atom. The number of nitro benzene ring substituents is 1. The SMILES string of the molecule is Cc1cc(OC(=O)COc2ccc(C(=O)c3ccccc3)cc2)ccc1[N+](=O)[O-]. The highest BCUT2D eigenvalue weighted by molar-refractivity contribution is 6.08. The van der Waals surface area contributed by atoms with Gasteiger partial charge < -0.3 is 9.47 Å². The Labute approximate surface area is 166 Å². The fourth-order valence-corrected chi connectivity index (χ4v) is 2.66. The molecule has 0 spiro atoms. The Bertz CT molecular complexity index is 1040. The van der Waals surface area contributed by atoms with Gasteiger partial charge in [-0.25, -0.2) is 4.79 Å². The fourth-order valence-electron chi connectivity index (χ4n) is 2.66. The van der Waals surface area contributed by atoms with Gasteiger partial charge in [0.25, 0.3) is 5.69 Å². The van der Waals surface area contributed by atoms with Crippen molar-refractivity contribution in [1.29, 1.82) is 0 Å². The van der Waals surface area contributed by atoms with E-state index in [-0.39, 0.29) is 23.8 Å². The van der Waals surface area contributed by atoms with E-state index in [0.717, 1.165) is 0 Å². The van der Waals surface area contributed by atoms with Gasteiger partial charge in [-0.2, -0.15) is 0 Å². The first-order chi connectivity index (χ1) is 13.9. The number of benzene rings is 3. The second-order valence-corrected chi connectivity index (χ2v) is 6.19. The molecule has 0 aliphatic heterocycles. The molecule has 0 bridgehead atoms. The van der Waals surface area contributed by atoms with Crippen molar-refractivity contribution < 1.29 is 24.0 Å². The smallest absolute Gasteiger partial charge is 0.349 e. The van der Waals surface area contributed by atoms with Crippen molar-refractivity contribution in [2.24, 2.45) is 0 Å². The number of aryl methyl sites for hydroxylation is 1. The van der Waals surface area contributed by atoms with Crippen molar-refractivity contribution in [3.05, 3.63) is 99.6 Å².